The van der Waals surface area contributed by atoms with Crippen molar-refractivity contribution in [2.75, 3.05) is 13.7 Å². The number of rotatable bonds is 5. The molecule has 36 heavy (non-hydrogen) atoms. The summed E-state index contributed by atoms with van der Waals surface area (Å²) in [6.45, 7) is 3.70. The fourth-order valence-corrected chi connectivity index (χ4v) is 5.59. The molecule has 0 fully saturated rings. The van der Waals surface area contributed by atoms with Crippen LogP contribution in [-0.4, -0.2) is 29.4 Å². The lowest BCUT2D eigenvalue weighted by Crippen LogP contribution is -2.40. The first kappa shape index (κ1) is 23.6. The van der Waals surface area contributed by atoms with E-state index in [2.05, 4.69) is 4.99 Å². The summed E-state index contributed by atoms with van der Waals surface area (Å²) in [6, 6.07) is 17.5. The number of phenols is 1. The van der Waals surface area contributed by atoms with Gasteiger partial charge in [0.05, 0.1) is 35.6 Å². The molecular formula is C28H24N2O5S. The Morgan fingerprint density at radius 1 is 1.11 bits per heavy atom. The fraction of sp³-hybridized carbons (Fsp3) is 0.179. The number of fused-ring (bicyclic) bond motifs is 2. The van der Waals surface area contributed by atoms with E-state index in [0.717, 1.165) is 16.3 Å². The number of allylic oxidation sites excluding steroid dienone is 1. The Hall–Kier alpha value is -4.17. The molecule has 0 radical (unpaired) electrons. The van der Waals surface area contributed by atoms with Crippen LogP contribution in [0.4, 0.5) is 0 Å². The van der Waals surface area contributed by atoms with Crippen LogP contribution in [0.25, 0.3) is 16.8 Å². The lowest BCUT2D eigenvalue weighted by atomic mass is 9.91. The van der Waals surface area contributed by atoms with Crippen LogP contribution in [-0.2, 0) is 9.53 Å². The maximum atomic E-state index is 13.8. The number of nitrogens with zero attached hydrogens (tertiary/aromatic N) is 2. The zero-order chi connectivity index (χ0) is 25.4. The van der Waals surface area contributed by atoms with Gasteiger partial charge in [-0.3, -0.25) is 9.36 Å². The summed E-state index contributed by atoms with van der Waals surface area (Å²) in [5, 5.41) is 12.0. The fourth-order valence-electron chi connectivity index (χ4n) is 4.55. The summed E-state index contributed by atoms with van der Waals surface area (Å²) in [7, 11) is 1.61. The second kappa shape index (κ2) is 9.47. The monoisotopic (exact) mass is 500 g/mol. The van der Waals surface area contributed by atoms with Gasteiger partial charge < -0.3 is 14.6 Å². The van der Waals surface area contributed by atoms with Gasteiger partial charge in [0.25, 0.3) is 5.56 Å². The first-order valence-electron chi connectivity index (χ1n) is 11.5. The number of methoxy groups -OCH3 is 1. The van der Waals surface area contributed by atoms with Crippen LogP contribution in [0.3, 0.4) is 0 Å². The molecule has 4 aromatic rings. The number of carbonyl (C=O) groups is 1. The van der Waals surface area contributed by atoms with Crippen LogP contribution >= 0.6 is 11.3 Å². The quantitative estimate of drug-likeness (QED) is 0.423. The van der Waals surface area contributed by atoms with Gasteiger partial charge in [0.15, 0.2) is 4.80 Å². The van der Waals surface area contributed by atoms with E-state index in [4.69, 9.17) is 9.47 Å². The van der Waals surface area contributed by atoms with Crippen molar-refractivity contribution in [3.05, 3.63) is 103 Å². The molecule has 0 saturated heterocycles. The Kier molecular flexibility index (Phi) is 6.20. The van der Waals surface area contributed by atoms with Gasteiger partial charge in [-0.2, -0.15) is 0 Å². The van der Waals surface area contributed by atoms with E-state index in [0.29, 0.717) is 31.9 Å². The van der Waals surface area contributed by atoms with Crippen molar-refractivity contribution < 1.29 is 19.4 Å². The second-order valence-corrected chi connectivity index (χ2v) is 9.27. The van der Waals surface area contributed by atoms with Crippen LogP contribution in [0, 0.1) is 0 Å². The number of phenolic OH excluding ortho intramolecular Hbond substituents is 1. The molecule has 1 aliphatic rings. The number of thiazole rings is 1. The molecule has 1 atom stereocenters. The molecule has 0 saturated carbocycles. The van der Waals surface area contributed by atoms with Crippen molar-refractivity contribution in [2.45, 2.75) is 19.9 Å². The summed E-state index contributed by atoms with van der Waals surface area (Å²) in [6.07, 6.45) is 1.64. The van der Waals surface area contributed by atoms with Crippen LogP contribution < -0.4 is 19.6 Å². The maximum Gasteiger partial charge on any atom is 0.338 e. The predicted octanol–water partition coefficient (Wildman–Crippen LogP) is 3.67. The average molecular weight is 501 g/mol. The molecule has 0 amide bonds. The third-order valence-electron chi connectivity index (χ3n) is 6.17. The third kappa shape index (κ3) is 3.89. The Morgan fingerprint density at radius 3 is 2.56 bits per heavy atom. The molecule has 182 valence electrons. The van der Waals surface area contributed by atoms with Gasteiger partial charge in [0, 0.05) is 10.9 Å². The van der Waals surface area contributed by atoms with Gasteiger partial charge in [-0.1, -0.05) is 59.9 Å². The second-order valence-electron chi connectivity index (χ2n) is 8.26. The van der Waals surface area contributed by atoms with E-state index >= 15 is 0 Å². The van der Waals surface area contributed by atoms with Gasteiger partial charge in [0.2, 0.25) is 0 Å². The third-order valence-corrected chi connectivity index (χ3v) is 7.16. The van der Waals surface area contributed by atoms with E-state index < -0.39 is 12.0 Å². The van der Waals surface area contributed by atoms with Gasteiger partial charge in [-0.25, -0.2) is 9.79 Å². The molecule has 2 heterocycles. The SMILES string of the molecule is CCOC(=O)C1=C(C)N=c2s/c(=C\c3ccccc3O)c(=O)n2C1c1ccc(OC)c2ccccc12. The number of esters is 1. The summed E-state index contributed by atoms with van der Waals surface area (Å²) in [5.41, 5.74) is 1.79. The first-order valence-corrected chi connectivity index (χ1v) is 12.3. The molecule has 1 aromatic heterocycles. The minimum atomic E-state index is -0.748. The van der Waals surface area contributed by atoms with E-state index in [9.17, 15) is 14.7 Å². The Bertz CT molecular complexity index is 1710. The molecular weight excluding hydrogens is 476 g/mol. The highest BCUT2D eigenvalue weighted by Crippen LogP contribution is 2.37. The number of hydrogen-bond donors (Lipinski definition) is 1. The van der Waals surface area contributed by atoms with Crippen LogP contribution in [0.1, 0.15) is 31.0 Å². The molecule has 0 spiro atoms. The standard InChI is InChI=1S/C28H24N2O5S/c1-4-35-27(33)24-16(2)29-28-30(26(32)23(36-28)15-17-9-5-8-12-21(17)31)25(24)20-13-14-22(34-3)19-11-7-6-10-18(19)20/h5-15,25,31H,4H2,1-3H3/b23-15-. The van der Waals surface area contributed by atoms with E-state index in [-0.39, 0.29) is 17.9 Å². The Labute approximate surface area is 210 Å². The van der Waals surface area contributed by atoms with Crippen LogP contribution in [0.5, 0.6) is 11.5 Å². The van der Waals surface area contributed by atoms with Gasteiger partial charge in [-0.05, 0) is 43.0 Å². The normalized spacial score (nSPS) is 15.5. The molecule has 1 unspecified atom stereocenters. The van der Waals surface area contributed by atoms with Crippen molar-refractivity contribution in [1.29, 1.82) is 0 Å². The molecule has 1 N–H and O–H groups in total. The van der Waals surface area contributed by atoms with Crippen LogP contribution in [0.2, 0.25) is 0 Å². The van der Waals surface area contributed by atoms with Crippen molar-refractivity contribution in [1.82, 2.24) is 4.57 Å². The smallest absolute Gasteiger partial charge is 0.338 e. The average Bonchev–Trinajstić information content (AvgIpc) is 3.18. The zero-order valence-corrected chi connectivity index (χ0v) is 20.8. The minimum Gasteiger partial charge on any atom is -0.507 e. The zero-order valence-electron chi connectivity index (χ0n) is 20.0. The Balaban J connectivity index is 1.83. The lowest BCUT2D eigenvalue weighted by Gasteiger charge is -2.26. The summed E-state index contributed by atoms with van der Waals surface area (Å²) in [4.78, 5) is 32.1. The van der Waals surface area contributed by atoms with Gasteiger partial charge in [-0.15, -0.1) is 0 Å². The van der Waals surface area contributed by atoms with Gasteiger partial charge >= 0.3 is 5.97 Å². The number of hydrogen-bond acceptors (Lipinski definition) is 7. The number of aromatic hydroxyl groups is 1. The van der Waals surface area contributed by atoms with E-state index in [1.54, 1.807) is 55.9 Å². The number of benzene rings is 3. The molecule has 0 bridgehead atoms. The van der Waals surface area contributed by atoms with Crippen molar-refractivity contribution >= 4 is 34.2 Å². The number of para-hydroxylation sites is 1. The van der Waals surface area contributed by atoms with E-state index in [1.807, 2.05) is 36.4 Å². The highest BCUT2D eigenvalue weighted by molar-refractivity contribution is 7.07. The van der Waals surface area contributed by atoms with Crippen molar-refractivity contribution in [2.24, 2.45) is 4.99 Å². The lowest BCUT2D eigenvalue weighted by molar-refractivity contribution is -0.139. The number of aromatic nitrogens is 1. The molecule has 0 aliphatic carbocycles. The molecule has 5 rings (SSSR count). The first-order chi connectivity index (χ1) is 17.4. The maximum absolute atomic E-state index is 13.8. The van der Waals surface area contributed by atoms with E-state index in [1.165, 1.54) is 11.3 Å². The number of ether oxygens (including phenoxy) is 2. The highest BCUT2D eigenvalue weighted by Gasteiger charge is 2.34. The summed E-state index contributed by atoms with van der Waals surface area (Å²) in [5.74, 6) is 0.253. The molecule has 8 heteroatoms. The predicted molar refractivity (Wildman–Crippen MR) is 139 cm³/mol. The molecule has 7 nitrogen and oxygen atoms in total. The summed E-state index contributed by atoms with van der Waals surface area (Å²) >= 11 is 1.21. The van der Waals surface area contributed by atoms with Crippen molar-refractivity contribution in [3.63, 3.8) is 0 Å². The van der Waals surface area contributed by atoms with Gasteiger partial charge in [0.1, 0.15) is 11.5 Å². The largest absolute Gasteiger partial charge is 0.507 e. The van der Waals surface area contributed by atoms with Crippen LogP contribution in [0.15, 0.2) is 81.7 Å². The topological polar surface area (TPSA) is 90.1 Å². The molecule has 1 aliphatic heterocycles. The minimum absolute atomic E-state index is 0.0735. The number of carbonyl (C=O) groups excluding carboxylic acids is 1. The molecule has 3 aromatic carbocycles. The van der Waals surface area contributed by atoms with Crippen molar-refractivity contribution in [3.8, 4) is 11.5 Å². The Morgan fingerprint density at radius 2 is 1.83 bits per heavy atom. The summed E-state index contributed by atoms with van der Waals surface area (Å²) < 4.78 is 12.9. The highest BCUT2D eigenvalue weighted by atomic mass is 32.1.